The largest absolute Gasteiger partial charge is 0.389 e. The first-order valence-electron chi connectivity index (χ1n) is 11.8. The topological polar surface area (TPSA) is 68.8 Å². The normalized spacial score (nSPS) is 13.4. The minimum absolute atomic E-state index is 0.0390. The van der Waals surface area contributed by atoms with Gasteiger partial charge in [-0.15, -0.1) is 5.10 Å². The van der Waals surface area contributed by atoms with Crippen molar-refractivity contribution in [3.8, 4) is 11.3 Å². The van der Waals surface area contributed by atoms with Crippen molar-refractivity contribution >= 4 is 21.9 Å². The Hall–Kier alpha value is -3.22. The molecule has 13 heteroatoms. The smallest absolute Gasteiger partial charge is 0.386 e. The number of halogens is 7. The Kier molecular flexibility index (Phi) is 6.96. The van der Waals surface area contributed by atoms with Crippen molar-refractivity contribution in [1.82, 2.24) is 24.5 Å². The SMILES string of the molecule is Cc1nnn(C)c1-c1cc(F)c2c3ncc(C(C)(C)O)cc3n(C(CCC(F)(F)F)CCC(F)(F)F)c2c1. The second-order valence-electron chi connectivity index (χ2n) is 9.98. The van der Waals surface area contributed by atoms with Crippen molar-refractivity contribution in [2.75, 3.05) is 0 Å². The van der Waals surface area contributed by atoms with Crippen molar-refractivity contribution in [3.05, 3.63) is 41.5 Å². The third-order valence-electron chi connectivity index (χ3n) is 6.56. The lowest BCUT2D eigenvalue weighted by atomic mass is 10.00. The summed E-state index contributed by atoms with van der Waals surface area (Å²) in [5.41, 5.74) is 0.342. The van der Waals surface area contributed by atoms with Gasteiger partial charge in [0.2, 0.25) is 0 Å². The van der Waals surface area contributed by atoms with Crippen LogP contribution in [0.5, 0.6) is 0 Å². The number of hydrogen-bond donors (Lipinski definition) is 1. The number of nitrogens with zero attached hydrogens (tertiary/aromatic N) is 5. The van der Waals surface area contributed by atoms with Crippen LogP contribution >= 0.6 is 0 Å². The van der Waals surface area contributed by atoms with Crippen molar-refractivity contribution in [3.63, 3.8) is 0 Å². The van der Waals surface area contributed by atoms with Crippen LogP contribution in [-0.4, -0.2) is 42.0 Å². The van der Waals surface area contributed by atoms with Crippen LogP contribution in [0.2, 0.25) is 0 Å². The van der Waals surface area contributed by atoms with Gasteiger partial charge in [0.15, 0.2) is 0 Å². The zero-order chi connectivity index (χ0) is 28.2. The Balaban J connectivity index is 2.05. The van der Waals surface area contributed by atoms with Crippen molar-refractivity contribution < 1.29 is 35.8 Å². The molecule has 206 valence electrons. The molecule has 6 nitrogen and oxygen atoms in total. The van der Waals surface area contributed by atoms with Crippen LogP contribution in [0.25, 0.3) is 33.2 Å². The summed E-state index contributed by atoms with van der Waals surface area (Å²) in [6.07, 6.45) is -11.9. The fraction of sp³-hybridized carbons (Fsp3) is 0.480. The van der Waals surface area contributed by atoms with Gasteiger partial charge in [-0.25, -0.2) is 9.07 Å². The van der Waals surface area contributed by atoms with Crippen LogP contribution in [0.3, 0.4) is 0 Å². The Morgan fingerprint density at radius 2 is 1.55 bits per heavy atom. The number of benzene rings is 1. The molecule has 1 aromatic carbocycles. The van der Waals surface area contributed by atoms with Crippen LogP contribution < -0.4 is 0 Å². The summed E-state index contributed by atoms with van der Waals surface area (Å²) in [4.78, 5) is 4.29. The summed E-state index contributed by atoms with van der Waals surface area (Å²) in [7, 11) is 1.58. The maximum Gasteiger partial charge on any atom is 0.389 e. The van der Waals surface area contributed by atoms with E-state index >= 15 is 4.39 Å². The summed E-state index contributed by atoms with van der Waals surface area (Å²) in [6.45, 7) is 4.57. The second kappa shape index (κ2) is 9.51. The Labute approximate surface area is 213 Å². The van der Waals surface area contributed by atoms with E-state index < -0.39 is 55.5 Å². The van der Waals surface area contributed by atoms with E-state index in [0.717, 1.165) is 0 Å². The molecule has 0 unspecified atom stereocenters. The van der Waals surface area contributed by atoms with E-state index in [-0.39, 0.29) is 27.5 Å². The third-order valence-corrected chi connectivity index (χ3v) is 6.56. The van der Waals surface area contributed by atoms with E-state index in [1.165, 1.54) is 47.5 Å². The lowest BCUT2D eigenvalue weighted by molar-refractivity contribution is -0.142. The van der Waals surface area contributed by atoms with Gasteiger partial charge in [0.1, 0.15) is 5.82 Å². The molecule has 1 N–H and O–H groups in total. The molecule has 0 amide bonds. The van der Waals surface area contributed by atoms with E-state index in [0.29, 0.717) is 17.0 Å². The van der Waals surface area contributed by atoms with E-state index in [1.54, 1.807) is 14.0 Å². The number of rotatable bonds is 7. The maximum atomic E-state index is 15.7. The van der Waals surface area contributed by atoms with Crippen molar-refractivity contribution in [2.45, 2.75) is 70.4 Å². The van der Waals surface area contributed by atoms with Gasteiger partial charge < -0.3 is 9.67 Å². The average Bonchev–Trinajstić information content (AvgIpc) is 3.28. The summed E-state index contributed by atoms with van der Waals surface area (Å²) in [6, 6.07) is 2.86. The minimum atomic E-state index is -4.61. The summed E-state index contributed by atoms with van der Waals surface area (Å²) in [5.74, 6) is -0.754. The highest BCUT2D eigenvalue weighted by molar-refractivity contribution is 6.07. The molecule has 0 aliphatic rings. The lowest BCUT2D eigenvalue weighted by Gasteiger charge is -2.24. The van der Waals surface area contributed by atoms with Gasteiger partial charge >= 0.3 is 12.4 Å². The number of pyridine rings is 1. The summed E-state index contributed by atoms with van der Waals surface area (Å²) in [5, 5.41) is 18.3. The standard InChI is InChI=1S/C25H26F7N5O/c1-13-22(36(4)35-34-13)14-9-17(26)20-18(10-14)37(19-11-15(23(2,3)38)12-33-21(19)20)16(5-7-24(27,28)29)6-8-25(30,31)32/h9-12,16,38H,5-8H2,1-4H3. The Morgan fingerprint density at radius 1 is 0.947 bits per heavy atom. The molecule has 0 spiro atoms. The molecule has 38 heavy (non-hydrogen) atoms. The molecule has 0 aliphatic heterocycles. The third kappa shape index (κ3) is 5.62. The van der Waals surface area contributed by atoms with Crippen LogP contribution in [0.15, 0.2) is 24.4 Å². The molecule has 0 fully saturated rings. The first-order valence-corrected chi connectivity index (χ1v) is 11.8. The predicted molar refractivity (Wildman–Crippen MR) is 127 cm³/mol. The highest BCUT2D eigenvalue weighted by atomic mass is 19.4. The van der Waals surface area contributed by atoms with Gasteiger partial charge in [-0.3, -0.25) is 4.98 Å². The molecule has 3 aromatic heterocycles. The Bertz CT molecular complexity index is 1440. The molecular formula is C25H26F7N5O. The number of aryl methyl sites for hydroxylation is 2. The van der Waals surface area contributed by atoms with Gasteiger partial charge in [0.25, 0.3) is 0 Å². The summed E-state index contributed by atoms with van der Waals surface area (Å²) >= 11 is 0. The van der Waals surface area contributed by atoms with Gasteiger partial charge in [0, 0.05) is 43.3 Å². The van der Waals surface area contributed by atoms with Crippen LogP contribution in [0.1, 0.15) is 56.8 Å². The van der Waals surface area contributed by atoms with E-state index in [9.17, 15) is 31.4 Å². The van der Waals surface area contributed by atoms with Crippen molar-refractivity contribution in [1.29, 1.82) is 0 Å². The van der Waals surface area contributed by atoms with Crippen molar-refractivity contribution in [2.24, 2.45) is 7.05 Å². The van der Waals surface area contributed by atoms with Gasteiger partial charge in [-0.1, -0.05) is 5.21 Å². The average molecular weight is 546 g/mol. The first-order chi connectivity index (χ1) is 17.5. The molecule has 0 radical (unpaired) electrons. The number of alkyl halides is 6. The molecule has 0 saturated carbocycles. The summed E-state index contributed by atoms with van der Waals surface area (Å²) < 4.78 is 97.8. The van der Waals surface area contributed by atoms with Gasteiger partial charge in [0.05, 0.1) is 38.9 Å². The zero-order valence-electron chi connectivity index (χ0n) is 21.0. The second-order valence-corrected chi connectivity index (χ2v) is 9.98. The minimum Gasteiger partial charge on any atom is -0.386 e. The molecule has 4 rings (SSSR count). The zero-order valence-corrected chi connectivity index (χ0v) is 21.0. The highest BCUT2D eigenvalue weighted by Crippen LogP contribution is 2.41. The number of hydrogen-bond acceptors (Lipinski definition) is 4. The number of fused-ring (bicyclic) bond motifs is 3. The monoisotopic (exact) mass is 545 g/mol. The van der Waals surface area contributed by atoms with E-state index in [1.807, 2.05) is 0 Å². The molecular weight excluding hydrogens is 519 g/mol. The molecule has 0 atom stereocenters. The fourth-order valence-electron chi connectivity index (χ4n) is 4.76. The quantitative estimate of drug-likeness (QED) is 0.257. The molecule has 0 saturated heterocycles. The molecule has 0 aliphatic carbocycles. The molecule has 0 bridgehead atoms. The van der Waals surface area contributed by atoms with Crippen LogP contribution in [-0.2, 0) is 12.6 Å². The lowest BCUT2D eigenvalue weighted by Crippen LogP contribution is -2.19. The molecule has 4 aromatic rings. The fourth-order valence-corrected chi connectivity index (χ4v) is 4.76. The maximum absolute atomic E-state index is 15.7. The van der Waals surface area contributed by atoms with Crippen LogP contribution in [0.4, 0.5) is 30.7 Å². The van der Waals surface area contributed by atoms with Gasteiger partial charge in [-0.2, -0.15) is 26.3 Å². The van der Waals surface area contributed by atoms with E-state index in [2.05, 4.69) is 15.3 Å². The van der Waals surface area contributed by atoms with E-state index in [4.69, 9.17) is 0 Å². The van der Waals surface area contributed by atoms with Gasteiger partial charge in [-0.05, 0) is 51.8 Å². The highest BCUT2D eigenvalue weighted by Gasteiger charge is 2.34. The first kappa shape index (κ1) is 27.8. The molecule has 3 heterocycles. The Morgan fingerprint density at radius 3 is 2.05 bits per heavy atom. The number of aliphatic hydroxyl groups is 1. The van der Waals surface area contributed by atoms with Crippen LogP contribution in [0, 0.1) is 12.7 Å². The number of aromatic nitrogens is 5. The predicted octanol–water partition coefficient (Wildman–Crippen LogP) is 6.89.